The molecule has 2 rings (SSSR count). The van der Waals surface area contributed by atoms with Gasteiger partial charge in [-0.2, -0.15) is 0 Å². The molecule has 0 amide bonds. The Morgan fingerprint density at radius 3 is 2.70 bits per heavy atom. The Hall–Kier alpha value is -0.840. The highest BCUT2D eigenvalue weighted by Gasteiger charge is 2.31. The zero-order valence-corrected chi connectivity index (χ0v) is 13.4. The molecule has 0 radical (unpaired) electrons. The maximum Gasteiger partial charge on any atom is 0.118 e. The van der Waals surface area contributed by atoms with Gasteiger partial charge in [-0.15, -0.1) is 0 Å². The van der Waals surface area contributed by atoms with Gasteiger partial charge in [0, 0.05) is 25.2 Å². The molecule has 1 aromatic heterocycles. The first-order valence-corrected chi connectivity index (χ1v) is 7.73. The Kier molecular flexibility index (Phi) is 5.24. The predicted octanol–water partition coefficient (Wildman–Crippen LogP) is 2.31. The molecule has 2 heterocycles. The Morgan fingerprint density at radius 1 is 1.25 bits per heavy atom. The summed E-state index contributed by atoms with van der Waals surface area (Å²) in [6, 6.07) is 4.22. The maximum absolute atomic E-state index is 5.91. The number of hydrogen-bond acceptors (Lipinski definition) is 4. The lowest BCUT2D eigenvalue weighted by atomic mass is 10.00. The SMILES string of the molecule is CCCNCc1ccc(CN2CCN(C)C(C)(C)C2)o1. The van der Waals surface area contributed by atoms with E-state index in [1.807, 2.05) is 0 Å². The van der Waals surface area contributed by atoms with Crippen molar-refractivity contribution in [1.82, 2.24) is 15.1 Å². The van der Waals surface area contributed by atoms with Crippen LogP contribution in [-0.4, -0.2) is 48.6 Å². The first kappa shape index (κ1) is 15.5. The van der Waals surface area contributed by atoms with Crippen LogP contribution >= 0.6 is 0 Å². The summed E-state index contributed by atoms with van der Waals surface area (Å²) < 4.78 is 5.91. The van der Waals surface area contributed by atoms with Crippen LogP contribution in [-0.2, 0) is 13.1 Å². The fraction of sp³-hybridized carbons (Fsp3) is 0.750. The number of nitrogens with one attached hydrogen (secondary N) is 1. The van der Waals surface area contributed by atoms with Crippen LogP contribution in [0.3, 0.4) is 0 Å². The summed E-state index contributed by atoms with van der Waals surface area (Å²) >= 11 is 0. The van der Waals surface area contributed by atoms with E-state index >= 15 is 0 Å². The fourth-order valence-corrected chi connectivity index (χ4v) is 2.69. The zero-order chi connectivity index (χ0) is 14.6. The Balaban J connectivity index is 1.84. The minimum Gasteiger partial charge on any atom is -0.463 e. The molecule has 1 aliphatic rings. The normalized spacial score (nSPS) is 20.4. The predicted molar refractivity (Wildman–Crippen MR) is 82.7 cm³/mol. The third kappa shape index (κ3) is 4.08. The lowest BCUT2D eigenvalue weighted by Crippen LogP contribution is -2.57. The average molecular weight is 279 g/mol. The first-order chi connectivity index (χ1) is 9.51. The van der Waals surface area contributed by atoms with Gasteiger partial charge >= 0.3 is 0 Å². The molecule has 0 aromatic carbocycles. The van der Waals surface area contributed by atoms with Gasteiger partial charge in [-0.25, -0.2) is 0 Å². The van der Waals surface area contributed by atoms with Crippen molar-refractivity contribution in [2.45, 2.75) is 45.8 Å². The van der Waals surface area contributed by atoms with Gasteiger partial charge in [-0.05, 0) is 46.0 Å². The lowest BCUT2D eigenvalue weighted by Gasteiger charge is -2.45. The highest BCUT2D eigenvalue weighted by molar-refractivity contribution is 5.07. The van der Waals surface area contributed by atoms with Gasteiger partial charge in [0.1, 0.15) is 11.5 Å². The molecule has 1 aromatic rings. The van der Waals surface area contributed by atoms with E-state index in [4.69, 9.17) is 4.42 Å². The van der Waals surface area contributed by atoms with E-state index in [-0.39, 0.29) is 5.54 Å². The van der Waals surface area contributed by atoms with Crippen molar-refractivity contribution in [3.05, 3.63) is 23.7 Å². The molecule has 0 atom stereocenters. The smallest absolute Gasteiger partial charge is 0.118 e. The van der Waals surface area contributed by atoms with Crippen LogP contribution in [0.4, 0.5) is 0 Å². The quantitative estimate of drug-likeness (QED) is 0.810. The number of piperazine rings is 1. The van der Waals surface area contributed by atoms with Crippen molar-refractivity contribution >= 4 is 0 Å². The van der Waals surface area contributed by atoms with E-state index in [0.29, 0.717) is 0 Å². The second-order valence-electron chi connectivity index (χ2n) is 6.49. The van der Waals surface area contributed by atoms with Crippen LogP contribution in [0.15, 0.2) is 16.5 Å². The summed E-state index contributed by atoms with van der Waals surface area (Å²) in [7, 11) is 2.21. The monoisotopic (exact) mass is 279 g/mol. The van der Waals surface area contributed by atoms with Gasteiger partial charge in [0.05, 0.1) is 13.1 Å². The first-order valence-electron chi connectivity index (χ1n) is 7.73. The fourth-order valence-electron chi connectivity index (χ4n) is 2.69. The van der Waals surface area contributed by atoms with E-state index in [1.54, 1.807) is 0 Å². The number of rotatable bonds is 6. The third-order valence-corrected chi connectivity index (χ3v) is 4.22. The highest BCUT2D eigenvalue weighted by Crippen LogP contribution is 2.21. The molecule has 1 saturated heterocycles. The minimum atomic E-state index is 0.246. The number of nitrogens with zero attached hydrogens (tertiary/aromatic N) is 2. The summed E-state index contributed by atoms with van der Waals surface area (Å²) in [6.07, 6.45) is 1.16. The molecule has 0 unspecified atom stereocenters. The van der Waals surface area contributed by atoms with E-state index in [1.165, 1.54) is 0 Å². The van der Waals surface area contributed by atoms with Gasteiger partial charge in [-0.1, -0.05) is 6.92 Å². The molecule has 0 aliphatic carbocycles. The van der Waals surface area contributed by atoms with Crippen molar-refractivity contribution < 1.29 is 4.42 Å². The molecule has 1 aliphatic heterocycles. The Morgan fingerprint density at radius 2 is 2.00 bits per heavy atom. The Labute approximate surface area is 123 Å². The van der Waals surface area contributed by atoms with Crippen molar-refractivity contribution in [3.63, 3.8) is 0 Å². The lowest BCUT2D eigenvalue weighted by molar-refractivity contribution is 0.0326. The van der Waals surface area contributed by atoms with Crippen LogP contribution in [0.2, 0.25) is 0 Å². The molecular weight excluding hydrogens is 250 g/mol. The molecule has 1 fully saturated rings. The topological polar surface area (TPSA) is 31.6 Å². The number of likely N-dealkylation sites (N-methyl/N-ethyl adjacent to an activating group) is 1. The van der Waals surface area contributed by atoms with Gasteiger partial charge in [0.15, 0.2) is 0 Å². The van der Waals surface area contributed by atoms with Gasteiger partial charge in [0.2, 0.25) is 0 Å². The summed E-state index contributed by atoms with van der Waals surface area (Å²) in [4.78, 5) is 4.92. The van der Waals surface area contributed by atoms with Crippen molar-refractivity contribution in [3.8, 4) is 0 Å². The second-order valence-corrected chi connectivity index (χ2v) is 6.49. The number of hydrogen-bond donors (Lipinski definition) is 1. The zero-order valence-electron chi connectivity index (χ0n) is 13.4. The van der Waals surface area contributed by atoms with E-state index in [9.17, 15) is 0 Å². The van der Waals surface area contributed by atoms with Gasteiger partial charge in [0.25, 0.3) is 0 Å². The summed E-state index contributed by atoms with van der Waals surface area (Å²) in [5.74, 6) is 2.13. The minimum absolute atomic E-state index is 0.246. The van der Waals surface area contributed by atoms with Gasteiger partial charge < -0.3 is 9.73 Å². The molecule has 0 spiro atoms. The summed E-state index contributed by atoms with van der Waals surface area (Å²) in [5, 5.41) is 3.37. The summed E-state index contributed by atoms with van der Waals surface area (Å²) in [5.41, 5.74) is 0.246. The van der Waals surface area contributed by atoms with Crippen molar-refractivity contribution in [2.24, 2.45) is 0 Å². The molecule has 1 N–H and O–H groups in total. The van der Waals surface area contributed by atoms with Crippen LogP contribution in [0.1, 0.15) is 38.7 Å². The Bertz CT molecular complexity index is 414. The van der Waals surface area contributed by atoms with E-state index in [2.05, 4.69) is 55.1 Å². The largest absolute Gasteiger partial charge is 0.463 e. The van der Waals surface area contributed by atoms with Crippen molar-refractivity contribution in [1.29, 1.82) is 0 Å². The van der Waals surface area contributed by atoms with Crippen LogP contribution < -0.4 is 5.32 Å². The van der Waals surface area contributed by atoms with Crippen LogP contribution in [0.5, 0.6) is 0 Å². The molecule has 20 heavy (non-hydrogen) atoms. The molecule has 0 bridgehead atoms. The standard InChI is InChI=1S/C16H29N3O/c1-5-8-17-11-14-6-7-15(20-14)12-19-10-9-18(4)16(2,3)13-19/h6-7,17H,5,8-13H2,1-4H3. The maximum atomic E-state index is 5.91. The molecule has 114 valence electrons. The van der Waals surface area contributed by atoms with Crippen LogP contribution in [0.25, 0.3) is 0 Å². The molecular formula is C16H29N3O. The third-order valence-electron chi connectivity index (χ3n) is 4.22. The molecule has 4 nitrogen and oxygen atoms in total. The van der Waals surface area contributed by atoms with Gasteiger partial charge in [-0.3, -0.25) is 9.80 Å². The number of furan rings is 1. The molecule has 0 saturated carbocycles. The average Bonchev–Trinajstić information content (AvgIpc) is 2.82. The summed E-state index contributed by atoms with van der Waals surface area (Å²) in [6.45, 7) is 12.9. The second kappa shape index (κ2) is 6.74. The van der Waals surface area contributed by atoms with Crippen molar-refractivity contribution in [2.75, 3.05) is 33.2 Å². The highest BCUT2D eigenvalue weighted by atomic mass is 16.3. The van der Waals surface area contributed by atoms with Crippen LogP contribution in [0, 0.1) is 0 Å². The van der Waals surface area contributed by atoms with E-state index < -0.39 is 0 Å². The van der Waals surface area contributed by atoms with E-state index in [0.717, 1.165) is 57.2 Å². The molecule has 4 heteroatoms.